The van der Waals surface area contributed by atoms with Crippen LogP contribution in [0, 0.1) is 5.82 Å². The molecule has 3 rings (SSSR count). The number of nitrogens with one attached hydrogen (secondary N) is 1. The third-order valence-corrected chi connectivity index (χ3v) is 4.11. The number of ether oxygens (including phenoxy) is 1. The summed E-state index contributed by atoms with van der Waals surface area (Å²) in [4.78, 5) is 26.6. The summed E-state index contributed by atoms with van der Waals surface area (Å²) < 4.78 is 19.8. The molecular weight excluding hydrogens is 325 g/mol. The fourth-order valence-electron chi connectivity index (χ4n) is 2.65. The SMILES string of the molecule is O=C(Nc1ccc(F)cc1)c1ccc(=O)n(CCN2CCOCC2)c1. The average Bonchev–Trinajstić information content (AvgIpc) is 2.64. The van der Waals surface area contributed by atoms with E-state index < -0.39 is 0 Å². The fourth-order valence-corrected chi connectivity index (χ4v) is 2.65. The highest BCUT2D eigenvalue weighted by Gasteiger charge is 2.12. The van der Waals surface area contributed by atoms with Crippen molar-refractivity contribution in [3.8, 4) is 0 Å². The van der Waals surface area contributed by atoms with Crippen LogP contribution in [-0.4, -0.2) is 48.2 Å². The maximum atomic E-state index is 12.9. The third-order valence-electron chi connectivity index (χ3n) is 4.11. The Hall–Kier alpha value is -2.51. The maximum absolute atomic E-state index is 12.9. The Morgan fingerprint density at radius 1 is 1.08 bits per heavy atom. The second-order valence-corrected chi connectivity index (χ2v) is 5.86. The Balaban J connectivity index is 1.66. The molecule has 25 heavy (non-hydrogen) atoms. The first kappa shape index (κ1) is 17.3. The van der Waals surface area contributed by atoms with E-state index in [-0.39, 0.29) is 17.3 Å². The molecule has 1 N–H and O–H groups in total. The molecule has 0 radical (unpaired) electrons. The highest BCUT2D eigenvalue weighted by Crippen LogP contribution is 2.10. The van der Waals surface area contributed by atoms with Gasteiger partial charge in [0.25, 0.3) is 11.5 Å². The van der Waals surface area contributed by atoms with Crippen LogP contribution in [0.4, 0.5) is 10.1 Å². The number of nitrogens with zero attached hydrogens (tertiary/aromatic N) is 2. The van der Waals surface area contributed by atoms with Crippen molar-refractivity contribution in [1.29, 1.82) is 0 Å². The number of benzene rings is 1. The lowest BCUT2D eigenvalue weighted by molar-refractivity contribution is 0.0363. The van der Waals surface area contributed by atoms with Crippen LogP contribution >= 0.6 is 0 Å². The molecule has 0 atom stereocenters. The molecule has 1 aliphatic heterocycles. The Morgan fingerprint density at radius 3 is 2.52 bits per heavy atom. The van der Waals surface area contributed by atoms with Gasteiger partial charge in [0.05, 0.1) is 18.8 Å². The van der Waals surface area contributed by atoms with Crippen LogP contribution in [-0.2, 0) is 11.3 Å². The zero-order valence-corrected chi connectivity index (χ0v) is 13.8. The molecule has 0 spiro atoms. The molecule has 132 valence electrons. The minimum atomic E-state index is -0.366. The Morgan fingerprint density at radius 2 is 1.80 bits per heavy atom. The zero-order chi connectivity index (χ0) is 17.6. The summed E-state index contributed by atoms with van der Waals surface area (Å²) in [6.45, 7) is 4.34. The Labute approximate surface area is 144 Å². The first-order valence-corrected chi connectivity index (χ1v) is 8.19. The van der Waals surface area contributed by atoms with Gasteiger partial charge < -0.3 is 14.6 Å². The van der Waals surface area contributed by atoms with E-state index in [9.17, 15) is 14.0 Å². The largest absolute Gasteiger partial charge is 0.379 e. The lowest BCUT2D eigenvalue weighted by Crippen LogP contribution is -2.39. The van der Waals surface area contributed by atoms with E-state index in [1.54, 1.807) is 6.20 Å². The van der Waals surface area contributed by atoms with E-state index >= 15 is 0 Å². The van der Waals surface area contributed by atoms with Gasteiger partial charge in [0, 0.05) is 44.1 Å². The van der Waals surface area contributed by atoms with Crippen molar-refractivity contribution in [1.82, 2.24) is 9.47 Å². The van der Waals surface area contributed by atoms with Crippen LogP contribution < -0.4 is 10.9 Å². The second kappa shape index (κ2) is 8.04. The van der Waals surface area contributed by atoms with Crippen LogP contribution in [0.2, 0.25) is 0 Å². The van der Waals surface area contributed by atoms with Gasteiger partial charge in [-0.15, -0.1) is 0 Å². The van der Waals surface area contributed by atoms with Crippen molar-refractivity contribution in [2.75, 3.05) is 38.2 Å². The number of anilines is 1. The fraction of sp³-hybridized carbons (Fsp3) is 0.333. The summed E-state index contributed by atoms with van der Waals surface area (Å²) in [5, 5.41) is 2.69. The first-order chi connectivity index (χ1) is 12.1. The number of pyridine rings is 1. The normalized spacial score (nSPS) is 15.1. The van der Waals surface area contributed by atoms with Gasteiger partial charge in [-0.2, -0.15) is 0 Å². The average molecular weight is 345 g/mol. The van der Waals surface area contributed by atoms with E-state index in [2.05, 4.69) is 10.2 Å². The van der Waals surface area contributed by atoms with Gasteiger partial charge >= 0.3 is 0 Å². The molecule has 2 aromatic rings. The molecular formula is C18H20FN3O3. The number of halogens is 1. The smallest absolute Gasteiger partial charge is 0.257 e. The molecule has 1 fully saturated rings. The summed E-state index contributed by atoms with van der Waals surface area (Å²) in [6, 6.07) is 8.41. The second-order valence-electron chi connectivity index (χ2n) is 5.86. The van der Waals surface area contributed by atoms with Gasteiger partial charge in [0.2, 0.25) is 0 Å². The minimum absolute atomic E-state index is 0.147. The van der Waals surface area contributed by atoms with Crippen molar-refractivity contribution < 1.29 is 13.9 Å². The molecule has 6 nitrogen and oxygen atoms in total. The van der Waals surface area contributed by atoms with Gasteiger partial charge in [0.1, 0.15) is 5.82 Å². The van der Waals surface area contributed by atoms with Crippen molar-refractivity contribution >= 4 is 11.6 Å². The van der Waals surface area contributed by atoms with Crippen molar-refractivity contribution in [3.05, 3.63) is 64.3 Å². The molecule has 0 unspecified atom stereocenters. The summed E-state index contributed by atoms with van der Waals surface area (Å²) in [7, 11) is 0. The lowest BCUT2D eigenvalue weighted by Gasteiger charge is -2.26. The number of aromatic nitrogens is 1. The summed E-state index contributed by atoms with van der Waals surface area (Å²) >= 11 is 0. The standard InChI is InChI=1S/C18H20FN3O3/c19-15-2-4-16(5-3-15)20-18(24)14-1-6-17(23)22(13-14)8-7-21-9-11-25-12-10-21/h1-6,13H,7-12H2,(H,20,24). The number of carbonyl (C=O) groups is 1. The van der Waals surface area contributed by atoms with Gasteiger partial charge in [-0.3, -0.25) is 14.5 Å². The molecule has 1 aliphatic rings. The van der Waals surface area contributed by atoms with Crippen LogP contribution in [0.5, 0.6) is 0 Å². The topological polar surface area (TPSA) is 63.6 Å². The summed E-state index contributed by atoms with van der Waals surface area (Å²) in [6.07, 6.45) is 1.56. The van der Waals surface area contributed by atoms with E-state index in [1.807, 2.05) is 0 Å². The van der Waals surface area contributed by atoms with Crippen LogP contribution in [0.25, 0.3) is 0 Å². The molecule has 0 saturated carbocycles. The maximum Gasteiger partial charge on any atom is 0.257 e. The van der Waals surface area contributed by atoms with E-state index in [0.717, 1.165) is 19.6 Å². The number of morpholine rings is 1. The van der Waals surface area contributed by atoms with Gasteiger partial charge in [-0.25, -0.2) is 4.39 Å². The van der Waals surface area contributed by atoms with E-state index in [1.165, 1.54) is 41.0 Å². The highest BCUT2D eigenvalue weighted by molar-refractivity contribution is 6.04. The zero-order valence-electron chi connectivity index (χ0n) is 13.8. The van der Waals surface area contributed by atoms with Gasteiger partial charge in [-0.05, 0) is 30.3 Å². The van der Waals surface area contributed by atoms with Crippen molar-refractivity contribution in [2.45, 2.75) is 6.54 Å². The molecule has 1 saturated heterocycles. The molecule has 7 heteroatoms. The van der Waals surface area contributed by atoms with Crippen molar-refractivity contribution in [2.24, 2.45) is 0 Å². The number of amides is 1. The summed E-state index contributed by atoms with van der Waals surface area (Å²) in [5.41, 5.74) is 0.731. The van der Waals surface area contributed by atoms with Crippen LogP contribution in [0.15, 0.2) is 47.4 Å². The lowest BCUT2D eigenvalue weighted by atomic mass is 10.2. The van der Waals surface area contributed by atoms with Gasteiger partial charge in [0.15, 0.2) is 0 Å². The number of rotatable bonds is 5. The molecule has 0 aliphatic carbocycles. The third kappa shape index (κ3) is 4.74. The molecule has 1 aromatic heterocycles. The highest BCUT2D eigenvalue weighted by atomic mass is 19.1. The molecule has 2 heterocycles. The van der Waals surface area contributed by atoms with E-state index in [4.69, 9.17) is 4.74 Å². The predicted octanol–water partition coefficient (Wildman–Crippen LogP) is 1.57. The predicted molar refractivity (Wildman–Crippen MR) is 92.3 cm³/mol. The first-order valence-electron chi connectivity index (χ1n) is 8.19. The van der Waals surface area contributed by atoms with Crippen molar-refractivity contribution in [3.63, 3.8) is 0 Å². The quantitative estimate of drug-likeness (QED) is 0.894. The van der Waals surface area contributed by atoms with E-state index in [0.29, 0.717) is 31.0 Å². The van der Waals surface area contributed by atoms with Crippen LogP contribution in [0.3, 0.4) is 0 Å². The number of hydrogen-bond donors (Lipinski definition) is 1. The minimum Gasteiger partial charge on any atom is -0.379 e. The van der Waals surface area contributed by atoms with Gasteiger partial charge in [-0.1, -0.05) is 0 Å². The summed E-state index contributed by atoms with van der Waals surface area (Å²) in [5.74, 6) is -0.707. The number of carbonyl (C=O) groups excluding carboxylic acids is 1. The van der Waals surface area contributed by atoms with Crippen LogP contribution in [0.1, 0.15) is 10.4 Å². The molecule has 1 aromatic carbocycles. The monoisotopic (exact) mass is 345 g/mol. The molecule has 1 amide bonds. The Kier molecular flexibility index (Phi) is 5.57. The number of hydrogen-bond acceptors (Lipinski definition) is 4. The Bertz CT molecular complexity index is 783. The molecule has 0 bridgehead atoms.